The Bertz CT molecular complexity index is 541. The first kappa shape index (κ1) is 11.9. The first-order chi connectivity index (χ1) is 8.03. The molecule has 0 bridgehead atoms. The molecule has 1 N–H and O–H groups in total. The predicted molar refractivity (Wildman–Crippen MR) is 60.5 cm³/mol. The summed E-state index contributed by atoms with van der Waals surface area (Å²) >= 11 is 0. The van der Waals surface area contributed by atoms with Crippen molar-refractivity contribution in [2.45, 2.75) is 6.54 Å². The van der Waals surface area contributed by atoms with Crippen molar-refractivity contribution >= 4 is 16.1 Å². The number of benzene rings is 1. The van der Waals surface area contributed by atoms with Gasteiger partial charge in [-0.05, 0) is 6.07 Å². The summed E-state index contributed by atoms with van der Waals surface area (Å²) in [7, 11) is -2.17. The lowest BCUT2D eigenvalue weighted by Crippen LogP contribution is -2.29. The minimum Gasteiger partial charge on any atom is -0.496 e. The number of hydrogen-bond donors (Lipinski definition) is 1. The third kappa shape index (κ3) is 2.40. The number of para-hydroxylation sites is 1. The molecule has 0 aliphatic carbocycles. The maximum Gasteiger partial charge on any atom is 0.304 e. The topological polar surface area (TPSA) is 75.7 Å². The fourth-order valence-corrected chi connectivity index (χ4v) is 2.73. The Labute approximate surface area is 99.4 Å². The Kier molecular flexibility index (Phi) is 3.03. The Hall–Kier alpha value is -1.60. The Morgan fingerprint density at radius 1 is 1.41 bits per heavy atom. The third-order valence-corrected chi connectivity index (χ3v) is 3.87. The van der Waals surface area contributed by atoms with Gasteiger partial charge in [-0.25, -0.2) is 4.72 Å². The average molecular weight is 256 g/mol. The van der Waals surface area contributed by atoms with Crippen LogP contribution in [0.4, 0.5) is 0 Å². The Balaban J connectivity index is 2.24. The molecule has 6 nitrogen and oxygen atoms in total. The van der Waals surface area contributed by atoms with E-state index in [0.29, 0.717) is 5.75 Å². The number of ether oxygens (including phenoxy) is 1. The first-order valence-corrected chi connectivity index (χ1v) is 6.39. The molecule has 0 unspecified atom stereocenters. The van der Waals surface area contributed by atoms with Gasteiger partial charge in [0.15, 0.2) is 0 Å². The van der Waals surface area contributed by atoms with Crippen LogP contribution in [0.1, 0.15) is 5.56 Å². The molecule has 7 heteroatoms. The fourth-order valence-electron chi connectivity index (χ4n) is 1.65. The highest BCUT2D eigenvalue weighted by Gasteiger charge is 2.34. The molecule has 17 heavy (non-hydrogen) atoms. The fraction of sp³-hybridized carbons (Fsp3) is 0.300. The second-order valence-corrected chi connectivity index (χ2v) is 5.28. The molecule has 0 spiro atoms. The van der Waals surface area contributed by atoms with Crippen LogP contribution < -0.4 is 9.46 Å². The minimum atomic E-state index is -3.68. The summed E-state index contributed by atoms with van der Waals surface area (Å²) in [6, 6.07) is 7.09. The van der Waals surface area contributed by atoms with Crippen molar-refractivity contribution in [3.63, 3.8) is 0 Å². The van der Waals surface area contributed by atoms with Gasteiger partial charge in [0.1, 0.15) is 5.75 Å². The summed E-state index contributed by atoms with van der Waals surface area (Å²) in [5.41, 5.74) is 0.718. The van der Waals surface area contributed by atoms with Crippen molar-refractivity contribution in [1.82, 2.24) is 9.03 Å². The molecule has 1 aromatic rings. The van der Waals surface area contributed by atoms with Gasteiger partial charge in [0.25, 0.3) is 0 Å². The van der Waals surface area contributed by atoms with Crippen molar-refractivity contribution in [3.05, 3.63) is 29.8 Å². The zero-order valence-electron chi connectivity index (χ0n) is 9.21. The van der Waals surface area contributed by atoms with E-state index in [0.717, 1.165) is 9.87 Å². The lowest BCUT2D eigenvalue weighted by molar-refractivity contribution is -0.118. The van der Waals surface area contributed by atoms with Gasteiger partial charge in [0.05, 0.1) is 13.7 Å². The minimum absolute atomic E-state index is 0.116. The molecule has 0 aromatic heterocycles. The molecule has 1 aliphatic rings. The quantitative estimate of drug-likeness (QED) is 0.817. The molecule has 1 fully saturated rings. The van der Waals surface area contributed by atoms with Crippen LogP contribution in [0, 0.1) is 0 Å². The summed E-state index contributed by atoms with van der Waals surface area (Å²) in [4.78, 5) is 11.1. The van der Waals surface area contributed by atoms with Crippen molar-refractivity contribution in [2.75, 3.05) is 13.7 Å². The SMILES string of the molecule is COc1ccccc1CN1CC(=O)NS1(=O)=O. The molecule has 2 rings (SSSR count). The van der Waals surface area contributed by atoms with Crippen molar-refractivity contribution in [1.29, 1.82) is 0 Å². The molecule has 1 amide bonds. The van der Waals surface area contributed by atoms with E-state index in [1.807, 2.05) is 4.72 Å². The molecule has 1 aromatic carbocycles. The van der Waals surface area contributed by atoms with Gasteiger partial charge < -0.3 is 4.74 Å². The highest BCUT2D eigenvalue weighted by atomic mass is 32.2. The van der Waals surface area contributed by atoms with E-state index in [1.54, 1.807) is 24.3 Å². The van der Waals surface area contributed by atoms with Crippen LogP contribution in [0.3, 0.4) is 0 Å². The van der Waals surface area contributed by atoms with Crippen LogP contribution in [-0.2, 0) is 21.5 Å². The highest BCUT2D eigenvalue weighted by Crippen LogP contribution is 2.21. The standard InChI is InChI=1S/C10H12N2O4S/c1-16-9-5-3-2-4-8(9)6-12-7-10(13)11-17(12,14)15/h2-5H,6-7H2,1H3,(H,11,13). The average Bonchev–Trinajstić information content (AvgIpc) is 2.52. The van der Waals surface area contributed by atoms with Crippen LogP contribution >= 0.6 is 0 Å². The van der Waals surface area contributed by atoms with Crippen LogP contribution in [0.5, 0.6) is 5.75 Å². The van der Waals surface area contributed by atoms with Gasteiger partial charge in [0, 0.05) is 12.1 Å². The lowest BCUT2D eigenvalue weighted by atomic mass is 10.2. The molecular weight excluding hydrogens is 244 g/mol. The smallest absolute Gasteiger partial charge is 0.304 e. The number of amides is 1. The first-order valence-electron chi connectivity index (χ1n) is 4.95. The molecule has 0 atom stereocenters. The lowest BCUT2D eigenvalue weighted by Gasteiger charge is -2.14. The Morgan fingerprint density at radius 3 is 2.71 bits per heavy atom. The van der Waals surface area contributed by atoms with E-state index in [1.165, 1.54) is 7.11 Å². The summed E-state index contributed by atoms with van der Waals surface area (Å²) in [5.74, 6) is 0.0851. The summed E-state index contributed by atoms with van der Waals surface area (Å²) in [6.07, 6.45) is 0. The van der Waals surface area contributed by atoms with Gasteiger partial charge in [-0.3, -0.25) is 4.79 Å². The second-order valence-electron chi connectivity index (χ2n) is 3.61. The molecule has 0 radical (unpaired) electrons. The van der Waals surface area contributed by atoms with Crippen LogP contribution in [0.15, 0.2) is 24.3 Å². The predicted octanol–water partition coefficient (Wildman–Crippen LogP) is -0.128. The van der Waals surface area contributed by atoms with Crippen LogP contribution in [0.25, 0.3) is 0 Å². The van der Waals surface area contributed by atoms with E-state index >= 15 is 0 Å². The molecule has 1 aliphatic heterocycles. The maximum atomic E-state index is 11.5. The van der Waals surface area contributed by atoms with Gasteiger partial charge in [0.2, 0.25) is 5.91 Å². The summed E-state index contributed by atoms with van der Waals surface area (Å²) < 4.78 is 31.2. The zero-order chi connectivity index (χ0) is 12.5. The van der Waals surface area contributed by atoms with Gasteiger partial charge >= 0.3 is 10.2 Å². The number of nitrogens with one attached hydrogen (secondary N) is 1. The maximum absolute atomic E-state index is 11.5. The monoisotopic (exact) mass is 256 g/mol. The van der Waals surface area contributed by atoms with Crippen molar-refractivity contribution in [3.8, 4) is 5.75 Å². The summed E-state index contributed by atoms with van der Waals surface area (Å²) in [5, 5.41) is 0. The van der Waals surface area contributed by atoms with E-state index in [9.17, 15) is 13.2 Å². The van der Waals surface area contributed by atoms with Crippen LogP contribution in [-0.4, -0.2) is 32.3 Å². The highest BCUT2D eigenvalue weighted by molar-refractivity contribution is 7.88. The summed E-state index contributed by atoms with van der Waals surface area (Å²) in [6.45, 7) is -0.0362. The largest absolute Gasteiger partial charge is 0.496 e. The van der Waals surface area contributed by atoms with E-state index in [2.05, 4.69) is 0 Å². The zero-order valence-corrected chi connectivity index (χ0v) is 10.0. The van der Waals surface area contributed by atoms with Gasteiger partial charge in [-0.2, -0.15) is 12.7 Å². The normalized spacial score (nSPS) is 19.0. The molecule has 1 heterocycles. The van der Waals surface area contributed by atoms with Crippen LogP contribution in [0.2, 0.25) is 0 Å². The number of carbonyl (C=O) groups excluding carboxylic acids is 1. The van der Waals surface area contributed by atoms with Crippen molar-refractivity contribution < 1.29 is 17.9 Å². The number of rotatable bonds is 3. The van der Waals surface area contributed by atoms with E-state index < -0.39 is 16.1 Å². The van der Waals surface area contributed by atoms with Crippen molar-refractivity contribution in [2.24, 2.45) is 0 Å². The Morgan fingerprint density at radius 2 is 2.12 bits per heavy atom. The number of hydrogen-bond acceptors (Lipinski definition) is 4. The van der Waals surface area contributed by atoms with E-state index in [4.69, 9.17) is 4.74 Å². The third-order valence-electron chi connectivity index (χ3n) is 2.44. The molecular formula is C10H12N2O4S. The van der Waals surface area contributed by atoms with Gasteiger partial charge in [-0.1, -0.05) is 18.2 Å². The second kappa shape index (κ2) is 4.34. The number of nitrogens with zero attached hydrogens (tertiary/aromatic N) is 1. The number of carbonyl (C=O) groups is 1. The van der Waals surface area contributed by atoms with Gasteiger partial charge in [-0.15, -0.1) is 0 Å². The molecule has 92 valence electrons. The van der Waals surface area contributed by atoms with E-state index in [-0.39, 0.29) is 13.1 Å². The molecule has 0 saturated carbocycles. The number of methoxy groups -OCH3 is 1. The molecule has 1 saturated heterocycles.